The summed E-state index contributed by atoms with van der Waals surface area (Å²) < 4.78 is 10.7. The molecule has 0 bridgehead atoms. The molecule has 0 spiro atoms. The van der Waals surface area contributed by atoms with Gasteiger partial charge in [0.25, 0.3) is 5.91 Å². The number of benzene rings is 3. The fourth-order valence-electron chi connectivity index (χ4n) is 3.45. The normalized spacial score (nSPS) is 12.3. The van der Waals surface area contributed by atoms with Gasteiger partial charge in [0, 0.05) is 29.0 Å². The summed E-state index contributed by atoms with van der Waals surface area (Å²) in [6, 6.07) is 21.5. The van der Waals surface area contributed by atoms with E-state index >= 15 is 0 Å². The largest absolute Gasteiger partial charge is 0.454 e. The van der Waals surface area contributed by atoms with Gasteiger partial charge in [0.05, 0.1) is 0 Å². The van der Waals surface area contributed by atoms with E-state index in [9.17, 15) is 4.79 Å². The van der Waals surface area contributed by atoms with E-state index in [1.54, 1.807) is 18.2 Å². The summed E-state index contributed by atoms with van der Waals surface area (Å²) in [4.78, 5) is 15.9. The number of carbonyl (C=O) groups is 1. The number of hydrogen-bond acceptors (Lipinski definition) is 3. The Labute approximate surface area is 161 Å². The summed E-state index contributed by atoms with van der Waals surface area (Å²) in [5.41, 5.74) is 4.73. The van der Waals surface area contributed by atoms with E-state index < -0.39 is 0 Å². The molecule has 4 aromatic rings. The zero-order chi connectivity index (χ0) is 18.9. The molecule has 1 aliphatic rings. The number of ether oxygens (including phenoxy) is 2. The van der Waals surface area contributed by atoms with Gasteiger partial charge in [-0.05, 0) is 65.4 Å². The second-order valence-corrected chi connectivity index (χ2v) is 6.80. The second-order valence-electron chi connectivity index (χ2n) is 6.80. The van der Waals surface area contributed by atoms with Gasteiger partial charge in [0.1, 0.15) is 0 Å². The molecule has 5 heteroatoms. The second kappa shape index (κ2) is 6.78. The maximum atomic E-state index is 12.7. The number of H-pyrrole nitrogens is 1. The molecular formula is C23H18N2O3. The van der Waals surface area contributed by atoms with Gasteiger partial charge in [0.2, 0.25) is 6.79 Å². The zero-order valence-corrected chi connectivity index (χ0v) is 15.1. The standard InChI is InChI=1S/C23H18N2O3/c26-23(25-19-5-7-21-22(13-19)28-14-27-21)18-3-1-2-15(12-18)10-16-4-6-20-17(11-16)8-9-24-20/h1-9,11-13,24H,10,14H2,(H,25,26). The highest BCUT2D eigenvalue weighted by atomic mass is 16.7. The van der Waals surface area contributed by atoms with E-state index in [0.29, 0.717) is 22.7 Å². The van der Waals surface area contributed by atoms with Gasteiger partial charge in [-0.2, -0.15) is 0 Å². The zero-order valence-electron chi connectivity index (χ0n) is 15.1. The Bertz CT molecular complexity index is 1180. The number of carbonyl (C=O) groups excluding carboxylic acids is 1. The molecule has 3 aromatic carbocycles. The molecule has 0 saturated heterocycles. The van der Waals surface area contributed by atoms with Crippen LogP contribution in [0, 0.1) is 0 Å². The molecular weight excluding hydrogens is 352 g/mol. The molecule has 138 valence electrons. The Hall–Kier alpha value is -3.73. The third-order valence-electron chi connectivity index (χ3n) is 4.85. The van der Waals surface area contributed by atoms with Gasteiger partial charge in [-0.3, -0.25) is 4.79 Å². The molecule has 1 aromatic heterocycles. The molecule has 28 heavy (non-hydrogen) atoms. The van der Waals surface area contributed by atoms with Crippen LogP contribution in [0.5, 0.6) is 11.5 Å². The number of aromatic amines is 1. The molecule has 0 saturated carbocycles. The fraction of sp³-hybridized carbons (Fsp3) is 0.0870. The van der Waals surface area contributed by atoms with E-state index in [-0.39, 0.29) is 12.7 Å². The average molecular weight is 370 g/mol. The van der Waals surface area contributed by atoms with Crippen LogP contribution in [0.4, 0.5) is 5.69 Å². The van der Waals surface area contributed by atoms with Crippen LogP contribution in [0.15, 0.2) is 72.9 Å². The lowest BCUT2D eigenvalue weighted by atomic mass is 10.0. The van der Waals surface area contributed by atoms with Crippen molar-refractivity contribution in [1.29, 1.82) is 0 Å². The van der Waals surface area contributed by atoms with Crippen molar-refractivity contribution in [2.24, 2.45) is 0 Å². The number of nitrogens with one attached hydrogen (secondary N) is 2. The van der Waals surface area contributed by atoms with Crippen LogP contribution >= 0.6 is 0 Å². The molecule has 5 nitrogen and oxygen atoms in total. The first-order valence-corrected chi connectivity index (χ1v) is 9.10. The Morgan fingerprint density at radius 3 is 2.79 bits per heavy atom. The average Bonchev–Trinajstić information content (AvgIpc) is 3.36. The minimum absolute atomic E-state index is 0.151. The molecule has 1 amide bonds. The van der Waals surface area contributed by atoms with E-state index in [4.69, 9.17) is 9.47 Å². The first-order valence-electron chi connectivity index (χ1n) is 9.10. The molecule has 1 aliphatic heterocycles. The van der Waals surface area contributed by atoms with Crippen LogP contribution in [-0.2, 0) is 6.42 Å². The van der Waals surface area contributed by atoms with Gasteiger partial charge in [-0.25, -0.2) is 0 Å². The summed E-state index contributed by atoms with van der Waals surface area (Å²) in [7, 11) is 0. The van der Waals surface area contributed by atoms with Crippen molar-refractivity contribution in [3.05, 3.63) is 89.6 Å². The molecule has 0 unspecified atom stereocenters. The van der Waals surface area contributed by atoms with Crippen LogP contribution in [0.1, 0.15) is 21.5 Å². The Morgan fingerprint density at radius 1 is 0.929 bits per heavy atom. The SMILES string of the molecule is O=C(Nc1ccc2c(c1)OCO2)c1cccc(Cc2ccc3[nH]ccc3c2)c1. The third kappa shape index (κ3) is 3.18. The number of fused-ring (bicyclic) bond motifs is 2. The van der Waals surface area contributed by atoms with Crippen molar-refractivity contribution in [3.8, 4) is 11.5 Å². The van der Waals surface area contributed by atoms with E-state index in [2.05, 4.69) is 34.6 Å². The van der Waals surface area contributed by atoms with Crippen LogP contribution in [0.3, 0.4) is 0 Å². The third-order valence-corrected chi connectivity index (χ3v) is 4.85. The van der Waals surface area contributed by atoms with Crippen LogP contribution in [-0.4, -0.2) is 17.7 Å². The van der Waals surface area contributed by atoms with Crippen molar-refractivity contribution < 1.29 is 14.3 Å². The van der Waals surface area contributed by atoms with Gasteiger partial charge in [-0.15, -0.1) is 0 Å². The monoisotopic (exact) mass is 370 g/mol. The first-order chi connectivity index (χ1) is 13.7. The van der Waals surface area contributed by atoms with Crippen molar-refractivity contribution in [3.63, 3.8) is 0 Å². The van der Waals surface area contributed by atoms with Gasteiger partial charge >= 0.3 is 0 Å². The molecule has 0 radical (unpaired) electrons. The van der Waals surface area contributed by atoms with Gasteiger partial charge in [0.15, 0.2) is 11.5 Å². The highest BCUT2D eigenvalue weighted by molar-refractivity contribution is 6.04. The number of anilines is 1. The molecule has 0 fully saturated rings. The molecule has 0 atom stereocenters. The van der Waals surface area contributed by atoms with Crippen LogP contribution < -0.4 is 14.8 Å². The Kier molecular flexibility index (Phi) is 3.98. The predicted molar refractivity (Wildman–Crippen MR) is 108 cm³/mol. The lowest BCUT2D eigenvalue weighted by molar-refractivity contribution is 0.102. The fourth-order valence-corrected chi connectivity index (χ4v) is 3.45. The van der Waals surface area contributed by atoms with Gasteiger partial charge in [-0.1, -0.05) is 18.2 Å². The molecule has 2 N–H and O–H groups in total. The number of rotatable bonds is 4. The summed E-state index contributed by atoms with van der Waals surface area (Å²) in [6.45, 7) is 0.212. The minimum Gasteiger partial charge on any atom is -0.454 e. The van der Waals surface area contributed by atoms with Crippen LogP contribution in [0.2, 0.25) is 0 Å². The van der Waals surface area contributed by atoms with Gasteiger partial charge < -0.3 is 19.8 Å². The topological polar surface area (TPSA) is 63.4 Å². The summed E-state index contributed by atoms with van der Waals surface area (Å²) >= 11 is 0. The van der Waals surface area contributed by atoms with Crippen LogP contribution in [0.25, 0.3) is 10.9 Å². The lowest BCUT2D eigenvalue weighted by Gasteiger charge is -2.08. The molecule has 5 rings (SSSR count). The van der Waals surface area contributed by atoms with Crippen molar-refractivity contribution in [2.45, 2.75) is 6.42 Å². The highest BCUT2D eigenvalue weighted by Gasteiger charge is 2.15. The number of amides is 1. The van der Waals surface area contributed by atoms with Crippen molar-refractivity contribution in [2.75, 3.05) is 12.1 Å². The molecule has 2 heterocycles. The summed E-state index contributed by atoms with van der Waals surface area (Å²) in [5.74, 6) is 1.19. The minimum atomic E-state index is -0.151. The van der Waals surface area contributed by atoms with Crippen molar-refractivity contribution >= 4 is 22.5 Å². The quantitative estimate of drug-likeness (QED) is 0.545. The lowest BCUT2D eigenvalue weighted by Crippen LogP contribution is -2.12. The maximum absolute atomic E-state index is 12.7. The Balaban J connectivity index is 1.33. The first kappa shape index (κ1) is 16.4. The number of hydrogen-bond donors (Lipinski definition) is 2. The maximum Gasteiger partial charge on any atom is 0.255 e. The predicted octanol–water partition coefficient (Wildman–Crippen LogP) is 4.74. The highest BCUT2D eigenvalue weighted by Crippen LogP contribution is 2.34. The van der Waals surface area contributed by atoms with Crippen molar-refractivity contribution in [1.82, 2.24) is 4.98 Å². The number of aromatic nitrogens is 1. The Morgan fingerprint density at radius 2 is 1.82 bits per heavy atom. The van der Waals surface area contributed by atoms with E-state index in [1.165, 1.54) is 10.9 Å². The molecule has 0 aliphatic carbocycles. The van der Waals surface area contributed by atoms with E-state index in [1.807, 2.05) is 30.5 Å². The van der Waals surface area contributed by atoms with E-state index in [0.717, 1.165) is 17.5 Å². The summed E-state index contributed by atoms with van der Waals surface area (Å²) in [5, 5.41) is 4.11. The smallest absolute Gasteiger partial charge is 0.255 e. The summed E-state index contributed by atoms with van der Waals surface area (Å²) in [6.07, 6.45) is 2.71.